The van der Waals surface area contributed by atoms with Crippen LogP contribution in [0.3, 0.4) is 0 Å². The van der Waals surface area contributed by atoms with E-state index in [2.05, 4.69) is 15.3 Å². The SMILES string of the molecule is O=C(NC1CCCCCCC1)c1oc2ccccc2c1CSc1ncccn1. The van der Waals surface area contributed by atoms with Crippen molar-refractivity contribution in [3.63, 3.8) is 0 Å². The molecule has 1 saturated carbocycles. The number of hydrogen-bond acceptors (Lipinski definition) is 5. The molecule has 4 rings (SSSR count). The van der Waals surface area contributed by atoms with Crippen LogP contribution in [0.2, 0.25) is 0 Å². The molecule has 1 amide bonds. The van der Waals surface area contributed by atoms with Crippen LogP contribution in [0.1, 0.15) is 61.1 Å². The lowest BCUT2D eigenvalue weighted by Gasteiger charge is -2.20. The maximum atomic E-state index is 13.1. The van der Waals surface area contributed by atoms with E-state index >= 15 is 0 Å². The van der Waals surface area contributed by atoms with Gasteiger partial charge in [-0.15, -0.1) is 0 Å². The Labute approximate surface area is 169 Å². The Morgan fingerprint density at radius 3 is 2.54 bits per heavy atom. The maximum Gasteiger partial charge on any atom is 0.287 e. The monoisotopic (exact) mass is 395 g/mol. The molecule has 0 aliphatic heterocycles. The normalized spacial score (nSPS) is 15.9. The average molecular weight is 396 g/mol. The molecule has 0 bridgehead atoms. The first-order valence-electron chi connectivity index (χ1n) is 10.0. The Bertz CT molecular complexity index is 918. The Morgan fingerprint density at radius 1 is 1.04 bits per heavy atom. The van der Waals surface area contributed by atoms with Crippen molar-refractivity contribution in [2.24, 2.45) is 0 Å². The van der Waals surface area contributed by atoms with Crippen LogP contribution in [0, 0.1) is 0 Å². The lowest BCUT2D eigenvalue weighted by Crippen LogP contribution is -2.35. The zero-order chi connectivity index (χ0) is 19.2. The molecule has 1 aliphatic rings. The predicted octanol–water partition coefficient (Wildman–Crippen LogP) is 5.36. The van der Waals surface area contributed by atoms with Gasteiger partial charge in [-0.25, -0.2) is 9.97 Å². The molecule has 28 heavy (non-hydrogen) atoms. The van der Waals surface area contributed by atoms with E-state index in [1.54, 1.807) is 18.5 Å². The zero-order valence-corrected chi connectivity index (χ0v) is 16.7. The number of nitrogens with zero attached hydrogens (tertiary/aromatic N) is 2. The first-order chi connectivity index (χ1) is 13.8. The Morgan fingerprint density at radius 2 is 1.75 bits per heavy atom. The van der Waals surface area contributed by atoms with Crippen LogP contribution in [-0.2, 0) is 5.75 Å². The summed E-state index contributed by atoms with van der Waals surface area (Å²) in [4.78, 5) is 21.6. The summed E-state index contributed by atoms with van der Waals surface area (Å²) in [5, 5.41) is 4.90. The van der Waals surface area contributed by atoms with E-state index in [1.165, 1.54) is 43.9 Å². The summed E-state index contributed by atoms with van der Waals surface area (Å²) in [5.41, 5.74) is 1.66. The molecule has 1 aromatic carbocycles. The van der Waals surface area contributed by atoms with Crippen LogP contribution in [0.15, 0.2) is 52.3 Å². The van der Waals surface area contributed by atoms with Gasteiger partial charge in [0, 0.05) is 35.1 Å². The Balaban J connectivity index is 1.55. The fraction of sp³-hybridized carbons (Fsp3) is 0.409. The number of thioether (sulfide) groups is 1. The molecule has 146 valence electrons. The van der Waals surface area contributed by atoms with Crippen molar-refractivity contribution in [2.75, 3.05) is 0 Å². The summed E-state index contributed by atoms with van der Waals surface area (Å²) < 4.78 is 5.98. The van der Waals surface area contributed by atoms with Crippen molar-refractivity contribution in [1.82, 2.24) is 15.3 Å². The molecule has 6 heteroatoms. The number of benzene rings is 1. The standard InChI is InChI=1S/C22H25N3O2S/c26-21(25-16-9-4-2-1-3-5-10-16)20-18(15-28-22-23-13-8-14-24-22)17-11-6-7-12-19(17)27-20/h6-8,11-14,16H,1-5,9-10,15H2,(H,25,26). The number of fused-ring (bicyclic) bond motifs is 1. The molecule has 2 heterocycles. The third kappa shape index (κ3) is 4.55. The van der Waals surface area contributed by atoms with Gasteiger partial charge in [-0.2, -0.15) is 0 Å². The third-order valence-corrected chi connectivity index (χ3v) is 6.13. The number of nitrogens with one attached hydrogen (secondary N) is 1. The second-order valence-electron chi connectivity index (χ2n) is 7.24. The van der Waals surface area contributed by atoms with E-state index in [-0.39, 0.29) is 11.9 Å². The fourth-order valence-electron chi connectivity index (χ4n) is 3.77. The molecule has 1 fully saturated rings. The van der Waals surface area contributed by atoms with Crippen LogP contribution >= 0.6 is 11.8 Å². The van der Waals surface area contributed by atoms with Crippen LogP contribution in [-0.4, -0.2) is 21.9 Å². The molecular weight excluding hydrogens is 370 g/mol. The first kappa shape index (κ1) is 19.0. The van der Waals surface area contributed by atoms with Crippen molar-refractivity contribution >= 4 is 28.6 Å². The number of amides is 1. The van der Waals surface area contributed by atoms with Crippen molar-refractivity contribution in [3.05, 3.63) is 54.0 Å². The van der Waals surface area contributed by atoms with Crippen molar-refractivity contribution in [3.8, 4) is 0 Å². The highest BCUT2D eigenvalue weighted by molar-refractivity contribution is 7.98. The van der Waals surface area contributed by atoms with Gasteiger partial charge in [0.15, 0.2) is 10.9 Å². The quantitative estimate of drug-likeness (QED) is 0.465. The van der Waals surface area contributed by atoms with E-state index in [9.17, 15) is 4.79 Å². The Kier molecular flexibility index (Phi) is 6.27. The molecule has 0 unspecified atom stereocenters. The first-order valence-corrected chi connectivity index (χ1v) is 11.0. The fourth-order valence-corrected chi connectivity index (χ4v) is 4.60. The third-order valence-electron chi connectivity index (χ3n) is 5.23. The highest BCUT2D eigenvalue weighted by Crippen LogP contribution is 2.31. The summed E-state index contributed by atoms with van der Waals surface area (Å²) in [5.74, 6) is 0.909. The topological polar surface area (TPSA) is 68.0 Å². The minimum absolute atomic E-state index is 0.105. The Hall–Kier alpha value is -2.34. The van der Waals surface area contributed by atoms with Gasteiger partial charge < -0.3 is 9.73 Å². The molecule has 1 aliphatic carbocycles. The number of furan rings is 1. The molecule has 0 radical (unpaired) electrons. The number of carbonyl (C=O) groups excluding carboxylic acids is 1. The van der Waals surface area contributed by atoms with Gasteiger partial charge in [0.2, 0.25) is 0 Å². The van der Waals surface area contributed by atoms with Crippen LogP contribution in [0.25, 0.3) is 11.0 Å². The van der Waals surface area contributed by atoms with Gasteiger partial charge in [0.25, 0.3) is 5.91 Å². The summed E-state index contributed by atoms with van der Waals surface area (Å²) >= 11 is 1.51. The van der Waals surface area contributed by atoms with Crippen molar-refractivity contribution in [1.29, 1.82) is 0 Å². The van der Waals surface area contributed by atoms with Crippen LogP contribution in [0.5, 0.6) is 0 Å². The summed E-state index contributed by atoms with van der Waals surface area (Å²) in [6.07, 6.45) is 11.7. The number of hydrogen-bond donors (Lipinski definition) is 1. The van der Waals surface area contributed by atoms with E-state index in [0.29, 0.717) is 16.7 Å². The molecular formula is C22H25N3O2S. The van der Waals surface area contributed by atoms with Crippen molar-refractivity contribution < 1.29 is 9.21 Å². The van der Waals surface area contributed by atoms with Gasteiger partial charge >= 0.3 is 0 Å². The summed E-state index contributed by atoms with van der Waals surface area (Å²) in [6.45, 7) is 0. The molecule has 0 spiro atoms. The molecule has 1 N–H and O–H groups in total. The van der Waals surface area contributed by atoms with E-state index < -0.39 is 0 Å². The number of carbonyl (C=O) groups is 1. The minimum atomic E-state index is -0.105. The van der Waals surface area contributed by atoms with Crippen molar-refractivity contribution in [2.45, 2.75) is 61.9 Å². The second kappa shape index (κ2) is 9.24. The lowest BCUT2D eigenvalue weighted by molar-refractivity contribution is 0.0903. The molecule has 3 aromatic rings. The molecule has 0 atom stereocenters. The predicted molar refractivity (Wildman–Crippen MR) is 111 cm³/mol. The summed E-state index contributed by atoms with van der Waals surface area (Å²) in [6, 6.07) is 9.85. The highest BCUT2D eigenvalue weighted by Gasteiger charge is 2.23. The zero-order valence-electron chi connectivity index (χ0n) is 15.9. The molecule has 2 aromatic heterocycles. The largest absolute Gasteiger partial charge is 0.451 e. The van der Waals surface area contributed by atoms with E-state index in [4.69, 9.17) is 4.42 Å². The number of aromatic nitrogens is 2. The van der Waals surface area contributed by atoms with Gasteiger partial charge in [0.1, 0.15) is 5.58 Å². The lowest BCUT2D eigenvalue weighted by atomic mass is 9.96. The van der Waals surface area contributed by atoms with Gasteiger partial charge in [-0.05, 0) is 25.0 Å². The summed E-state index contributed by atoms with van der Waals surface area (Å²) in [7, 11) is 0. The van der Waals surface area contributed by atoms with Gasteiger partial charge in [-0.3, -0.25) is 4.79 Å². The van der Waals surface area contributed by atoms with E-state index in [1.807, 2.05) is 24.3 Å². The van der Waals surface area contributed by atoms with Crippen LogP contribution in [0.4, 0.5) is 0 Å². The van der Waals surface area contributed by atoms with Gasteiger partial charge in [-0.1, -0.05) is 62.1 Å². The number of rotatable bonds is 5. The average Bonchev–Trinajstić information content (AvgIpc) is 3.08. The second-order valence-corrected chi connectivity index (χ2v) is 8.18. The smallest absolute Gasteiger partial charge is 0.287 e. The number of para-hydroxylation sites is 1. The van der Waals surface area contributed by atoms with Crippen LogP contribution < -0.4 is 5.32 Å². The minimum Gasteiger partial charge on any atom is -0.451 e. The molecule has 5 nitrogen and oxygen atoms in total. The highest BCUT2D eigenvalue weighted by atomic mass is 32.2. The molecule has 0 saturated heterocycles. The van der Waals surface area contributed by atoms with E-state index in [0.717, 1.165) is 29.4 Å². The van der Waals surface area contributed by atoms with Gasteiger partial charge in [0.05, 0.1) is 0 Å². The maximum absolute atomic E-state index is 13.1.